The second-order valence-corrected chi connectivity index (χ2v) is 7.74. The smallest absolute Gasteiger partial charge is 0.409 e. The number of rotatable bonds is 8. The van der Waals surface area contributed by atoms with Crippen molar-refractivity contribution in [2.24, 2.45) is 5.73 Å². The van der Waals surface area contributed by atoms with E-state index in [1.807, 2.05) is 0 Å². The lowest BCUT2D eigenvalue weighted by atomic mass is 10.0. The van der Waals surface area contributed by atoms with Crippen LogP contribution in [0.3, 0.4) is 0 Å². The number of benzene rings is 1. The van der Waals surface area contributed by atoms with Gasteiger partial charge in [-0.15, -0.1) is 0 Å². The minimum Gasteiger partial charge on any atom is -0.479 e. The summed E-state index contributed by atoms with van der Waals surface area (Å²) < 4.78 is 10.7. The third kappa shape index (κ3) is 5.36. The van der Waals surface area contributed by atoms with Crippen molar-refractivity contribution in [2.45, 2.75) is 32.8 Å². The summed E-state index contributed by atoms with van der Waals surface area (Å²) in [5.74, 6) is -2.35. The number of aromatic nitrogens is 1. The lowest BCUT2D eigenvalue weighted by Crippen LogP contribution is -2.51. The second kappa shape index (κ2) is 10.8. The monoisotopic (exact) mass is 472 g/mol. The molecule has 1 fully saturated rings. The van der Waals surface area contributed by atoms with Gasteiger partial charge in [0.1, 0.15) is 11.3 Å². The van der Waals surface area contributed by atoms with Gasteiger partial charge in [-0.2, -0.15) is 0 Å². The summed E-state index contributed by atoms with van der Waals surface area (Å²) in [7, 11) is 0. The summed E-state index contributed by atoms with van der Waals surface area (Å²) in [6, 6.07) is 6.77. The number of hydrogen-bond acceptors (Lipinski definition) is 7. The number of aliphatic carboxylic acids is 1. The minimum atomic E-state index is -1.21. The quantitative estimate of drug-likeness (QED) is 0.585. The van der Waals surface area contributed by atoms with Crippen molar-refractivity contribution in [1.29, 1.82) is 0 Å². The van der Waals surface area contributed by atoms with E-state index in [0.717, 1.165) is 0 Å². The molecule has 1 aliphatic heterocycles. The molecule has 0 aliphatic carbocycles. The van der Waals surface area contributed by atoms with Gasteiger partial charge in [-0.3, -0.25) is 14.6 Å². The number of amides is 3. The molecule has 11 heteroatoms. The maximum atomic E-state index is 13.0. The van der Waals surface area contributed by atoms with Crippen molar-refractivity contribution in [2.75, 3.05) is 32.8 Å². The van der Waals surface area contributed by atoms with Crippen LogP contribution < -0.4 is 10.5 Å². The lowest BCUT2D eigenvalue weighted by molar-refractivity contribution is -0.145. The third-order valence-corrected chi connectivity index (χ3v) is 5.55. The zero-order chi connectivity index (χ0) is 24.8. The van der Waals surface area contributed by atoms with E-state index in [2.05, 4.69) is 4.98 Å². The van der Waals surface area contributed by atoms with Crippen LogP contribution in [-0.4, -0.2) is 82.7 Å². The maximum Gasteiger partial charge on any atom is 0.409 e. The third-order valence-electron chi connectivity index (χ3n) is 5.55. The Balaban J connectivity index is 1.91. The van der Waals surface area contributed by atoms with Crippen LogP contribution in [0.15, 0.2) is 24.3 Å². The summed E-state index contributed by atoms with van der Waals surface area (Å²) in [6.07, 6.45) is -1.71. The van der Waals surface area contributed by atoms with Gasteiger partial charge in [0.25, 0.3) is 5.91 Å². The Bertz CT molecular complexity index is 1100. The number of para-hydroxylation sites is 1. The normalized spacial score (nSPS) is 14.5. The number of primary amides is 1. The Morgan fingerprint density at radius 1 is 1.09 bits per heavy atom. The van der Waals surface area contributed by atoms with Crippen molar-refractivity contribution < 1.29 is 33.8 Å². The van der Waals surface area contributed by atoms with Gasteiger partial charge in [0.2, 0.25) is 5.91 Å². The molecule has 11 nitrogen and oxygen atoms in total. The number of nitrogens with zero attached hydrogens (tertiary/aromatic N) is 3. The molecular weight excluding hydrogens is 444 g/mol. The molecule has 2 heterocycles. The molecule has 1 aliphatic rings. The number of carboxylic acid groups (broad SMARTS) is 1. The molecule has 182 valence electrons. The number of piperazine rings is 1. The first-order chi connectivity index (χ1) is 16.3. The SMILES string of the molecule is CCOC(=O)N1CCN(C(=O)Cc2nc3ccccc3c(OC(CC)C(=O)O)c2C(N)=O)CC1. The van der Waals surface area contributed by atoms with Crippen LogP contribution in [-0.2, 0) is 20.7 Å². The first-order valence-corrected chi connectivity index (χ1v) is 11.1. The Labute approximate surface area is 196 Å². The van der Waals surface area contributed by atoms with Gasteiger partial charge in [0.05, 0.1) is 24.2 Å². The van der Waals surface area contributed by atoms with Crippen LogP contribution in [0.2, 0.25) is 0 Å². The van der Waals surface area contributed by atoms with Crippen LogP contribution in [0.1, 0.15) is 36.3 Å². The highest BCUT2D eigenvalue weighted by atomic mass is 16.6. The van der Waals surface area contributed by atoms with Gasteiger partial charge in [-0.05, 0) is 25.5 Å². The largest absolute Gasteiger partial charge is 0.479 e. The van der Waals surface area contributed by atoms with E-state index >= 15 is 0 Å². The number of carboxylic acids is 1. The maximum absolute atomic E-state index is 13.0. The molecule has 2 aromatic rings. The first kappa shape index (κ1) is 24.7. The molecule has 0 bridgehead atoms. The Morgan fingerprint density at radius 2 is 1.74 bits per heavy atom. The first-order valence-electron chi connectivity index (χ1n) is 11.1. The predicted molar refractivity (Wildman–Crippen MR) is 121 cm³/mol. The van der Waals surface area contributed by atoms with Gasteiger partial charge >= 0.3 is 12.1 Å². The summed E-state index contributed by atoms with van der Waals surface area (Å²) >= 11 is 0. The fraction of sp³-hybridized carbons (Fsp3) is 0.435. The highest BCUT2D eigenvalue weighted by molar-refractivity contribution is 6.04. The average Bonchev–Trinajstić information content (AvgIpc) is 2.81. The number of carbonyl (C=O) groups excluding carboxylic acids is 3. The summed E-state index contributed by atoms with van der Waals surface area (Å²) in [5, 5.41) is 9.89. The molecule has 3 amide bonds. The average molecular weight is 472 g/mol. The van der Waals surface area contributed by atoms with E-state index < -0.39 is 24.1 Å². The number of ether oxygens (including phenoxy) is 2. The van der Waals surface area contributed by atoms with Gasteiger partial charge in [-0.1, -0.05) is 19.1 Å². The van der Waals surface area contributed by atoms with Crippen molar-refractivity contribution in [1.82, 2.24) is 14.8 Å². The van der Waals surface area contributed by atoms with Crippen molar-refractivity contribution in [3.8, 4) is 5.75 Å². The fourth-order valence-corrected chi connectivity index (χ4v) is 3.79. The minimum absolute atomic E-state index is 0.00211. The predicted octanol–water partition coefficient (Wildman–Crippen LogP) is 1.42. The van der Waals surface area contributed by atoms with E-state index in [4.69, 9.17) is 15.2 Å². The summed E-state index contributed by atoms with van der Waals surface area (Å²) in [6.45, 7) is 4.89. The van der Waals surface area contributed by atoms with E-state index in [0.29, 0.717) is 37.1 Å². The lowest BCUT2D eigenvalue weighted by Gasteiger charge is -2.34. The molecule has 0 radical (unpaired) electrons. The highest BCUT2D eigenvalue weighted by Crippen LogP contribution is 2.32. The summed E-state index contributed by atoms with van der Waals surface area (Å²) in [5.41, 5.74) is 6.08. The molecule has 1 aromatic carbocycles. The molecule has 1 unspecified atom stereocenters. The topological polar surface area (TPSA) is 152 Å². The van der Waals surface area contributed by atoms with Gasteiger partial charge < -0.3 is 30.1 Å². The molecule has 3 rings (SSSR count). The number of fused-ring (bicyclic) bond motifs is 1. The molecule has 0 spiro atoms. The Kier molecular flexibility index (Phi) is 7.87. The molecule has 1 atom stereocenters. The molecule has 34 heavy (non-hydrogen) atoms. The van der Waals surface area contributed by atoms with Crippen LogP contribution in [0.25, 0.3) is 10.9 Å². The van der Waals surface area contributed by atoms with Crippen molar-refractivity contribution >= 4 is 34.8 Å². The molecule has 0 saturated carbocycles. The molecule has 1 aromatic heterocycles. The standard InChI is InChI=1S/C23H28N4O7/c1-3-17(22(30)31)34-20-14-7-5-6-8-15(14)25-16(19(20)21(24)29)13-18(28)26-9-11-27(12-10-26)23(32)33-4-2/h5-8,17H,3-4,9-13H2,1-2H3,(H2,24,29)(H,30,31). The van der Waals surface area contributed by atoms with Crippen LogP contribution in [0.4, 0.5) is 4.79 Å². The highest BCUT2D eigenvalue weighted by Gasteiger charge is 2.29. The molecule has 1 saturated heterocycles. The van der Waals surface area contributed by atoms with Gasteiger partial charge in [0.15, 0.2) is 6.10 Å². The van der Waals surface area contributed by atoms with E-state index in [1.165, 1.54) is 4.90 Å². The van der Waals surface area contributed by atoms with Crippen LogP contribution in [0.5, 0.6) is 5.75 Å². The Morgan fingerprint density at radius 3 is 2.32 bits per heavy atom. The zero-order valence-corrected chi connectivity index (χ0v) is 19.2. The number of nitrogens with two attached hydrogens (primary N) is 1. The van der Waals surface area contributed by atoms with Crippen molar-refractivity contribution in [3.05, 3.63) is 35.5 Å². The van der Waals surface area contributed by atoms with E-state index in [1.54, 1.807) is 43.0 Å². The fourth-order valence-electron chi connectivity index (χ4n) is 3.79. The van der Waals surface area contributed by atoms with Crippen LogP contribution in [0, 0.1) is 0 Å². The number of pyridine rings is 1. The zero-order valence-electron chi connectivity index (χ0n) is 19.2. The van der Waals surface area contributed by atoms with E-state index in [9.17, 15) is 24.3 Å². The molecule has 3 N–H and O–H groups in total. The Hall–Kier alpha value is -3.89. The van der Waals surface area contributed by atoms with Gasteiger partial charge in [0, 0.05) is 31.6 Å². The van der Waals surface area contributed by atoms with Gasteiger partial charge in [-0.25, -0.2) is 9.59 Å². The van der Waals surface area contributed by atoms with Crippen LogP contribution >= 0.6 is 0 Å². The number of hydrogen-bond donors (Lipinski definition) is 2. The molecular formula is C23H28N4O7. The second-order valence-electron chi connectivity index (χ2n) is 7.74. The summed E-state index contributed by atoms with van der Waals surface area (Å²) in [4.78, 5) is 56.5. The van der Waals surface area contributed by atoms with Crippen molar-refractivity contribution in [3.63, 3.8) is 0 Å². The van der Waals surface area contributed by atoms with E-state index in [-0.39, 0.29) is 42.4 Å². The number of carbonyl (C=O) groups is 4.